The van der Waals surface area contributed by atoms with Crippen molar-refractivity contribution in [3.63, 3.8) is 0 Å². The smallest absolute Gasteiger partial charge is 0.307 e. The zero-order valence-corrected chi connectivity index (χ0v) is 25.2. The summed E-state index contributed by atoms with van der Waals surface area (Å²) in [6.45, 7) is 2.33. The van der Waals surface area contributed by atoms with E-state index in [1.165, 1.54) is 21.7 Å². The van der Waals surface area contributed by atoms with E-state index in [4.69, 9.17) is 27.2 Å². The number of primary amides is 1. The van der Waals surface area contributed by atoms with Crippen LogP contribution in [-0.4, -0.2) is 51.6 Å². The molecule has 1 atom stereocenters. The molecule has 1 aromatic heterocycles. The van der Waals surface area contributed by atoms with E-state index in [2.05, 4.69) is 15.9 Å². The van der Waals surface area contributed by atoms with Gasteiger partial charge in [-0.1, -0.05) is 18.2 Å². The summed E-state index contributed by atoms with van der Waals surface area (Å²) in [6.07, 6.45) is -0.259. The normalized spacial score (nSPS) is 14.4. The zero-order valence-electron chi connectivity index (χ0n) is 24.4. The Morgan fingerprint density at radius 3 is 2.33 bits per heavy atom. The van der Waals surface area contributed by atoms with E-state index in [1.54, 1.807) is 78.7 Å². The molecule has 1 fully saturated rings. The average molecular weight is 629 g/mol. The van der Waals surface area contributed by atoms with Gasteiger partial charge in [-0.2, -0.15) is 0 Å². The Morgan fingerprint density at radius 1 is 1.00 bits per heavy atom. The average Bonchev–Trinajstić information content (AvgIpc) is 3.49. The molecule has 0 radical (unpaired) electrons. The number of ether oxygens (including phenoxy) is 1. The molecule has 2 heterocycles. The largest absolute Gasteiger partial charge is 0.494 e. The first-order chi connectivity index (χ1) is 21.7. The lowest BCUT2D eigenvalue weighted by molar-refractivity contribution is -0.746. The van der Waals surface area contributed by atoms with Crippen LogP contribution in [0.2, 0.25) is 0 Å². The van der Waals surface area contributed by atoms with Crippen molar-refractivity contribution in [3.8, 4) is 5.75 Å². The predicted octanol–water partition coefficient (Wildman–Crippen LogP) is 2.78. The summed E-state index contributed by atoms with van der Waals surface area (Å²) in [5.41, 5.74) is 7.34. The Labute approximate surface area is 263 Å². The monoisotopic (exact) mass is 628 g/mol. The standard InChI is InChI=1S/C31H29N7O6S/c1-3-43-23-15-13-22(14-16-23)38-30(42)24(17-26(39)33-21-11-9-19(10-12-21)27(32)40)37(31(38)45)18-25-29(44-35-36(25)2)34-28(41)20-7-5-4-6-8-20/h4-16,24H,3,17-18H2,1-2H3,(H3-,32,33,34,35,39,40,41)/p+1. The Balaban J connectivity index is 1.42. The van der Waals surface area contributed by atoms with Crippen LogP contribution in [0.4, 0.5) is 17.3 Å². The van der Waals surface area contributed by atoms with Crippen molar-refractivity contribution in [3.05, 3.63) is 95.7 Å². The van der Waals surface area contributed by atoms with Crippen LogP contribution in [0.1, 0.15) is 39.8 Å². The van der Waals surface area contributed by atoms with E-state index < -0.39 is 29.7 Å². The van der Waals surface area contributed by atoms with Crippen LogP contribution in [0, 0.1) is 0 Å². The van der Waals surface area contributed by atoms with Gasteiger partial charge in [0, 0.05) is 16.8 Å². The highest BCUT2D eigenvalue weighted by Crippen LogP contribution is 2.31. The van der Waals surface area contributed by atoms with Crippen molar-refractivity contribution >= 4 is 58.2 Å². The molecule has 14 heteroatoms. The van der Waals surface area contributed by atoms with Gasteiger partial charge in [0.05, 0.1) is 18.7 Å². The molecule has 5 rings (SSSR count). The van der Waals surface area contributed by atoms with Crippen molar-refractivity contribution in [1.29, 1.82) is 0 Å². The van der Waals surface area contributed by atoms with Crippen LogP contribution < -0.4 is 30.7 Å². The molecule has 45 heavy (non-hydrogen) atoms. The summed E-state index contributed by atoms with van der Waals surface area (Å²) >= 11 is 5.80. The minimum absolute atomic E-state index is 0.0201. The van der Waals surface area contributed by atoms with Crippen molar-refractivity contribution in [1.82, 2.24) is 10.2 Å². The number of carbonyl (C=O) groups is 4. The number of anilines is 3. The predicted molar refractivity (Wildman–Crippen MR) is 167 cm³/mol. The molecule has 0 aliphatic carbocycles. The van der Waals surface area contributed by atoms with Gasteiger partial charge in [0.15, 0.2) is 12.2 Å². The summed E-state index contributed by atoms with van der Waals surface area (Å²) in [5.74, 6) is -1.19. The van der Waals surface area contributed by atoms with Gasteiger partial charge in [0.25, 0.3) is 17.5 Å². The maximum Gasteiger partial charge on any atom is 0.307 e. The number of carbonyl (C=O) groups excluding carboxylic acids is 4. The fraction of sp³-hybridized carbons (Fsp3) is 0.194. The highest BCUT2D eigenvalue weighted by Gasteiger charge is 2.46. The minimum Gasteiger partial charge on any atom is -0.494 e. The SMILES string of the molecule is CCOc1ccc(N2C(=O)C(CC(=O)Nc3ccc(C(N)=O)cc3)N(Cc3c(NC(=O)c4ccccc4)on[n+]3C)C2=S)cc1. The molecule has 4 N–H and O–H groups in total. The van der Waals surface area contributed by atoms with Crippen LogP contribution in [0.5, 0.6) is 5.75 Å². The van der Waals surface area contributed by atoms with Crippen molar-refractivity contribution < 1.29 is 33.1 Å². The van der Waals surface area contributed by atoms with Crippen molar-refractivity contribution in [2.45, 2.75) is 25.9 Å². The first-order valence-electron chi connectivity index (χ1n) is 13.9. The van der Waals surface area contributed by atoms with E-state index in [0.29, 0.717) is 40.6 Å². The fourth-order valence-corrected chi connectivity index (χ4v) is 5.15. The minimum atomic E-state index is -1.01. The molecule has 0 saturated carbocycles. The number of nitrogens with zero attached hydrogens (tertiary/aromatic N) is 4. The molecule has 3 aromatic carbocycles. The molecular formula is C31H30N7O6S+. The third kappa shape index (κ3) is 6.80. The second kappa shape index (κ2) is 13.3. The van der Waals surface area contributed by atoms with E-state index in [-0.39, 0.29) is 24.0 Å². The Morgan fingerprint density at radius 2 is 1.69 bits per heavy atom. The van der Waals surface area contributed by atoms with Gasteiger partial charge in [-0.25, -0.2) is 0 Å². The number of rotatable bonds is 11. The molecule has 230 valence electrons. The van der Waals surface area contributed by atoms with Crippen molar-refractivity contribution in [2.75, 3.05) is 22.1 Å². The van der Waals surface area contributed by atoms with Gasteiger partial charge in [-0.3, -0.25) is 33.9 Å². The number of nitrogens with two attached hydrogens (primary N) is 1. The molecule has 1 aliphatic heterocycles. The van der Waals surface area contributed by atoms with Gasteiger partial charge < -0.3 is 20.7 Å². The highest BCUT2D eigenvalue weighted by atomic mass is 32.1. The van der Waals surface area contributed by atoms with E-state index >= 15 is 0 Å². The van der Waals surface area contributed by atoms with Crippen LogP contribution in [0.15, 0.2) is 83.4 Å². The number of aromatic nitrogens is 2. The number of thiocarbonyl (C=S) groups is 1. The Kier molecular flexibility index (Phi) is 9.14. The summed E-state index contributed by atoms with van der Waals surface area (Å²) in [4.78, 5) is 54.4. The molecule has 13 nitrogen and oxygen atoms in total. The summed E-state index contributed by atoms with van der Waals surface area (Å²) in [5, 5.41) is 9.57. The van der Waals surface area contributed by atoms with Crippen LogP contribution in [0.25, 0.3) is 0 Å². The lowest BCUT2D eigenvalue weighted by Crippen LogP contribution is -2.43. The molecule has 0 spiro atoms. The van der Waals surface area contributed by atoms with Crippen molar-refractivity contribution in [2.24, 2.45) is 12.8 Å². The first kappa shape index (κ1) is 30.8. The second-order valence-electron chi connectivity index (χ2n) is 10.0. The molecule has 4 amide bonds. The lowest BCUT2D eigenvalue weighted by Gasteiger charge is -2.22. The molecular weight excluding hydrogens is 598 g/mol. The van der Waals surface area contributed by atoms with E-state index in [0.717, 1.165) is 0 Å². The quantitative estimate of drug-likeness (QED) is 0.167. The van der Waals surface area contributed by atoms with Gasteiger partial charge in [0.2, 0.25) is 17.1 Å². The maximum atomic E-state index is 13.9. The molecule has 1 unspecified atom stereocenters. The van der Waals surface area contributed by atoms with Crippen LogP contribution in [0.3, 0.4) is 0 Å². The van der Waals surface area contributed by atoms with Crippen LogP contribution in [-0.2, 0) is 23.2 Å². The summed E-state index contributed by atoms with van der Waals surface area (Å²) in [7, 11) is 1.62. The highest BCUT2D eigenvalue weighted by molar-refractivity contribution is 7.80. The number of hydrogen-bond acceptors (Lipinski definition) is 8. The number of hydrogen-bond donors (Lipinski definition) is 3. The molecule has 4 aromatic rings. The molecule has 0 bridgehead atoms. The third-order valence-corrected chi connectivity index (χ3v) is 7.46. The number of nitrogens with one attached hydrogen (secondary N) is 2. The van der Waals surface area contributed by atoms with E-state index in [1.807, 2.05) is 6.92 Å². The van der Waals surface area contributed by atoms with Gasteiger partial charge in [0.1, 0.15) is 18.3 Å². The Bertz CT molecular complexity index is 1740. The summed E-state index contributed by atoms with van der Waals surface area (Å²) < 4.78 is 12.4. The topological polar surface area (TPSA) is 164 Å². The van der Waals surface area contributed by atoms with Crippen LogP contribution >= 0.6 is 12.2 Å². The van der Waals surface area contributed by atoms with E-state index in [9.17, 15) is 19.2 Å². The maximum absolute atomic E-state index is 13.9. The Hall–Kier alpha value is -5.63. The molecule has 1 aliphatic rings. The molecule has 1 saturated heterocycles. The second-order valence-corrected chi connectivity index (χ2v) is 10.4. The number of benzene rings is 3. The zero-order chi connectivity index (χ0) is 32.1. The third-order valence-electron chi connectivity index (χ3n) is 7.05. The lowest BCUT2D eigenvalue weighted by atomic mass is 10.1. The fourth-order valence-electron chi connectivity index (χ4n) is 4.76. The van der Waals surface area contributed by atoms with Gasteiger partial charge in [-0.15, -0.1) is 0 Å². The number of aryl methyl sites for hydroxylation is 1. The van der Waals surface area contributed by atoms with Gasteiger partial charge >= 0.3 is 5.88 Å². The summed E-state index contributed by atoms with van der Waals surface area (Å²) in [6, 6.07) is 20.5. The van der Waals surface area contributed by atoms with Gasteiger partial charge in [-0.05, 0) is 84.5 Å². The first-order valence-corrected chi connectivity index (χ1v) is 14.4. The number of amides is 4.